The normalized spacial score (nSPS) is 16.3. The molecule has 0 aliphatic carbocycles. The van der Waals surface area contributed by atoms with Crippen molar-refractivity contribution in [1.29, 1.82) is 5.41 Å². The van der Waals surface area contributed by atoms with Gasteiger partial charge >= 0.3 is 0 Å². The number of hydrogen-bond donors (Lipinski definition) is 2. The average Bonchev–Trinajstić information content (AvgIpc) is 2.53. The molecule has 0 unspecified atom stereocenters. The molecule has 0 saturated carbocycles. The van der Waals surface area contributed by atoms with Crippen LogP contribution in [0.25, 0.3) is 11.0 Å². The summed E-state index contributed by atoms with van der Waals surface area (Å²) in [5.41, 5.74) is 2.32. The molecule has 0 radical (unpaired) electrons. The van der Waals surface area contributed by atoms with Gasteiger partial charge < -0.3 is 10.2 Å². The van der Waals surface area contributed by atoms with Gasteiger partial charge in [-0.05, 0) is 25.1 Å². The van der Waals surface area contributed by atoms with Crippen LogP contribution in [0.2, 0.25) is 5.02 Å². The summed E-state index contributed by atoms with van der Waals surface area (Å²) in [6.45, 7) is 5.36. The van der Waals surface area contributed by atoms with Gasteiger partial charge in [0.25, 0.3) is 0 Å². The Labute approximate surface area is 134 Å². The molecule has 2 aromatic rings. The second kappa shape index (κ2) is 6.06. The Hall–Kier alpha value is -1.92. The van der Waals surface area contributed by atoms with Crippen molar-refractivity contribution in [2.75, 3.05) is 38.1 Å². The Morgan fingerprint density at radius 2 is 2.09 bits per heavy atom. The first-order valence-corrected chi connectivity index (χ1v) is 7.66. The fourth-order valence-electron chi connectivity index (χ4n) is 2.78. The first-order valence-electron chi connectivity index (χ1n) is 7.28. The Bertz CT molecular complexity index is 788. The van der Waals surface area contributed by atoms with Gasteiger partial charge in [0, 0.05) is 38.2 Å². The molecule has 1 aliphatic rings. The number of aromatic nitrogens is 2. The maximum Gasteiger partial charge on any atom is 0.177 e. The first kappa shape index (κ1) is 15.0. The third-order valence-electron chi connectivity index (χ3n) is 3.78. The van der Waals surface area contributed by atoms with Crippen molar-refractivity contribution >= 4 is 34.3 Å². The highest BCUT2D eigenvalue weighted by Crippen LogP contribution is 2.19. The molecule has 0 spiro atoms. The number of hydrogen-bond acceptors (Lipinski definition) is 5. The minimum Gasteiger partial charge on any atom is -0.351 e. The Morgan fingerprint density at radius 3 is 2.73 bits per heavy atom. The van der Waals surface area contributed by atoms with Gasteiger partial charge in [0.15, 0.2) is 11.3 Å². The third-order valence-corrected chi connectivity index (χ3v) is 4.02. The molecule has 3 rings (SSSR count). The summed E-state index contributed by atoms with van der Waals surface area (Å²) in [5, 5.41) is 12.1. The highest BCUT2D eigenvalue weighted by atomic mass is 35.5. The van der Waals surface area contributed by atoms with E-state index in [0.717, 1.165) is 43.0 Å². The van der Waals surface area contributed by atoms with Crippen molar-refractivity contribution in [2.45, 2.75) is 6.92 Å². The molecule has 1 fully saturated rings. The van der Waals surface area contributed by atoms with Crippen LogP contribution in [0.5, 0.6) is 0 Å². The topological polar surface area (TPSA) is 69.3 Å². The number of anilines is 1. The van der Waals surface area contributed by atoms with E-state index in [9.17, 15) is 0 Å². The summed E-state index contributed by atoms with van der Waals surface area (Å²) < 4.78 is 1.81. The summed E-state index contributed by atoms with van der Waals surface area (Å²) >= 11 is 6.12. The van der Waals surface area contributed by atoms with Gasteiger partial charge in [-0.1, -0.05) is 11.6 Å². The SMILES string of the molecule is CN=c1c(N2CCNCC2)nc2ccc(Cl)cc2n1C(C)=N. The minimum absolute atomic E-state index is 0.395. The van der Waals surface area contributed by atoms with Crippen LogP contribution in [0.15, 0.2) is 23.2 Å². The van der Waals surface area contributed by atoms with E-state index in [0.29, 0.717) is 16.3 Å². The summed E-state index contributed by atoms with van der Waals surface area (Å²) in [6.07, 6.45) is 0. The van der Waals surface area contributed by atoms with Crippen LogP contribution in [0.1, 0.15) is 6.92 Å². The molecule has 1 aromatic carbocycles. The quantitative estimate of drug-likeness (QED) is 0.618. The highest BCUT2D eigenvalue weighted by Gasteiger charge is 2.18. The van der Waals surface area contributed by atoms with E-state index < -0.39 is 0 Å². The Kier molecular flexibility index (Phi) is 4.13. The van der Waals surface area contributed by atoms with Gasteiger partial charge in [-0.3, -0.25) is 15.0 Å². The summed E-state index contributed by atoms with van der Waals surface area (Å²) in [5.74, 6) is 1.22. The van der Waals surface area contributed by atoms with Crippen molar-refractivity contribution in [1.82, 2.24) is 14.9 Å². The van der Waals surface area contributed by atoms with Gasteiger partial charge in [0.05, 0.1) is 11.0 Å². The minimum atomic E-state index is 0.395. The molecule has 22 heavy (non-hydrogen) atoms. The van der Waals surface area contributed by atoms with E-state index >= 15 is 0 Å². The number of rotatable bonds is 1. The zero-order chi connectivity index (χ0) is 15.7. The fourth-order valence-corrected chi connectivity index (χ4v) is 2.94. The molecule has 0 bridgehead atoms. The molecule has 0 amide bonds. The van der Waals surface area contributed by atoms with Crippen molar-refractivity contribution < 1.29 is 0 Å². The number of halogens is 1. The molecule has 1 aromatic heterocycles. The van der Waals surface area contributed by atoms with Gasteiger partial charge in [0.2, 0.25) is 0 Å². The standard InChI is InChI=1S/C15H19ClN6/c1-10(17)22-13-9-11(16)3-4-12(13)20-15(14(22)18-2)21-7-5-19-6-8-21/h3-4,9,17,19H,5-8H2,1-2H3. The van der Waals surface area contributed by atoms with Crippen molar-refractivity contribution in [2.24, 2.45) is 4.99 Å². The van der Waals surface area contributed by atoms with Crippen molar-refractivity contribution in [3.8, 4) is 0 Å². The fraction of sp³-hybridized carbons (Fsp3) is 0.400. The highest BCUT2D eigenvalue weighted by molar-refractivity contribution is 6.31. The third kappa shape index (κ3) is 2.60. The van der Waals surface area contributed by atoms with E-state index in [-0.39, 0.29) is 0 Å². The van der Waals surface area contributed by atoms with Crippen LogP contribution in [0.3, 0.4) is 0 Å². The lowest BCUT2D eigenvalue weighted by Gasteiger charge is -2.29. The van der Waals surface area contributed by atoms with E-state index in [1.807, 2.05) is 22.8 Å². The maximum atomic E-state index is 8.14. The number of fused-ring (bicyclic) bond motifs is 1. The zero-order valence-electron chi connectivity index (χ0n) is 12.7. The molecule has 7 heteroatoms. The summed E-state index contributed by atoms with van der Waals surface area (Å²) in [7, 11) is 1.73. The van der Waals surface area contributed by atoms with E-state index in [1.54, 1.807) is 14.0 Å². The van der Waals surface area contributed by atoms with Crippen LogP contribution in [-0.4, -0.2) is 48.6 Å². The van der Waals surface area contributed by atoms with E-state index in [2.05, 4.69) is 15.2 Å². The van der Waals surface area contributed by atoms with Crippen molar-refractivity contribution in [3.63, 3.8) is 0 Å². The Morgan fingerprint density at radius 1 is 1.36 bits per heavy atom. The summed E-state index contributed by atoms with van der Waals surface area (Å²) in [4.78, 5) is 11.4. The molecular formula is C15H19ClN6. The number of nitrogens with one attached hydrogen (secondary N) is 2. The van der Waals surface area contributed by atoms with E-state index in [4.69, 9.17) is 22.0 Å². The second-order valence-electron chi connectivity index (χ2n) is 5.27. The molecule has 2 N–H and O–H groups in total. The first-order chi connectivity index (χ1) is 10.6. The van der Waals surface area contributed by atoms with Gasteiger partial charge in [-0.25, -0.2) is 4.98 Å². The van der Waals surface area contributed by atoms with Crippen LogP contribution in [0, 0.1) is 5.41 Å². The molecule has 0 atom stereocenters. The number of benzene rings is 1. The molecule has 1 aliphatic heterocycles. The lowest BCUT2D eigenvalue weighted by atomic mass is 10.2. The maximum absolute atomic E-state index is 8.14. The lowest BCUT2D eigenvalue weighted by molar-refractivity contribution is 0.582. The predicted octanol–water partition coefficient (Wildman–Crippen LogP) is 1.48. The smallest absolute Gasteiger partial charge is 0.177 e. The van der Waals surface area contributed by atoms with Crippen molar-refractivity contribution in [3.05, 3.63) is 28.7 Å². The largest absolute Gasteiger partial charge is 0.351 e. The molecule has 116 valence electrons. The molecule has 1 saturated heterocycles. The zero-order valence-corrected chi connectivity index (χ0v) is 13.5. The Balaban J connectivity index is 2.33. The number of nitrogens with zero attached hydrogens (tertiary/aromatic N) is 4. The molecule has 6 nitrogen and oxygen atoms in total. The van der Waals surface area contributed by atoms with Crippen LogP contribution in [-0.2, 0) is 0 Å². The average molecular weight is 319 g/mol. The van der Waals surface area contributed by atoms with Gasteiger partial charge in [0.1, 0.15) is 5.84 Å². The van der Waals surface area contributed by atoms with Gasteiger partial charge in [-0.15, -0.1) is 0 Å². The number of piperazine rings is 1. The van der Waals surface area contributed by atoms with Crippen LogP contribution >= 0.6 is 11.6 Å². The van der Waals surface area contributed by atoms with E-state index in [1.165, 1.54) is 0 Å². The monoisotopic (exact) mass is 318 g/mol. The van der Waals surface area contributed by atoms with Crippen LogP contribution < -0.4 is 15.7 Å². The van der Waals surface area contributed by atoms with Crippen LogP contribution in [0.4, 0.5) is 5.82 Å². The predicted molar refractivity (Wildman–Crippen MR) is 90.1 cm³/mol. The molecule has 2 heterocycles. The molecular weight excluding hydrogens is 300 g/mol. The second-order valence-corrected chi connectivity index (χ2v) is 5.71. The summed E-state index contributed by atoms with van der Waals surface area (Å²) in [6, 6.07) is 5.55. The van der Waals surface area contributed by atoms with Gasteiger partial charge in [-0.2, -0.15) is 0 Å². The lowest BCUT2D eigenvalue weighted by Crippen LogP contribution is -2.47.